The van der Waals surface area contributed by atoms with Gasteiger partial charge >= 0.3 is 5.97 Å². The van der Waals surface area contributed by atoms with Crippen LogP contribution in [0.15, 0.2) is 6.07 Å². The van der Waals surface area contributed by atoms with Crippen molar-refractivity contribution in [2.45, 2.75) is 26.4 Å². The molecule has 100 valence electrons. The van der Waals surface area contributed by atoms with Crippen molar-refractivity contribution in [2.75, 3.05) is 19.7 Å². The average Bonchev–Trinajstić information content (AvgIpc) is 2.73. The molecule has 1 aromatic rings. The number of aromatic carboxylic acids is 1. The van der Waals surface area contributed by atoms with E-state index in [0.29, 0.717) is 17.4 Å². The number of carboxylic acids is 1. The molecule has 2 heterocycles. The lowest BCUT2D eigenvalue weighted by Crippen LogP contribution is -2.29. The van der Waals surface area contributed by atoms with E-state index in [-0.39, 0.29) is 0 Å². The van der Waals surface area contributed by atoms with E-state index in [0.717, 1.165) is 30.1 Å². The van der Waals surface area contributed by atoms with Crippen LogP contribution in [-0.4, -0.2) is 30.8 Å². The molecule has 0 bridgehead atoms. The van der Waals surface area contributed by atoms with E-state index in [2.05, 4.69) is 5.32 Å². The Kier molecular flexibility index (Phi) is 4.74. The van der Waals surface area contributed by atoms with Crippen molar-refractivity contribution in [3.63, 3.8) is 0 Å². The number of nitrogens with one attached hydrogen (secondary N) is 1. The Morgan fingerprint density at radius 1 is 1.56 bits per heavy atom. The molecule has 0 amide bonds. The van der Waals surface area contributed by atoms with Crippen LogP contribution in [0.4, 0.5) is 0 Å². The van der Waals surface area contributed by atoms with Crippen LogP contribution in [0, 0.1) is 12.8 Å². The van der Waals surface area contributed by atoms with Gasteiger partial charge in [0.2, 0.25) is 0 Å². The number of rotatable bonds is 5. The Morgan fingerprint density at radius 2 is 2.28 bits per heavy atom. The van der Waals surface area contributed by atoms with Gasteiger partial charge in [0.25, 0.3) is 0 Å². The average molecular weight is 269 g/mol. The van der Waals surface area contributed by atoms with Gasteiger partial charge in [-0.25, -0.2) is 4.79 Å². The normalized spacial score (nSPS) is 16.9. The highest BCUT2D eigenvalue weighted by Crippen LogP contribution is 2.23. The predicted octanol–water partition coefficient (Wildman–Crippen LogP) is 2.27. The van der Waals surface area contributed by atoms with E-state index in [1.165, 1.54) is 24.2 Å². The minimum absolute atomic E-state index is 0.396. The first-order valence-electron chi connectivity index (χ1n) is 6.28. The lowest BCUT2D eigenvalue weighted by Gasteiger charge is -2.22. The van der Waals surface area contributed by atoms with Gasteiger partial charge in [0.1, 0.15) is 4.88 Å². The van der Waals surface area contributed by atoms with E-state index in [1.54, 1.807) is 6.07 Å². The molecule has 1 aliphatic rings. The minimum atomic E-state index is -0.854. The van der Waals surface area contributed by atoms with Gasteiger partial charge in [-0.15, -0.1) is 11.3 Å². The highest BCUT2D eigenvalue weighted by atomic mass is 32.1. The van der Waals surface area contributed by atoms with Crippen LogP contribution in [0.1, 0.15) is 33.0 Å². The van der Waals surface area contributed by atoms with Crippen LogP contribution < -0.4 is 5.32 Å². The first kappa shape index (κ1) is 13.5. The summed E-state index contributed by atoms with van der Waals surface area (Å²) >= 11 is 1.32. The fraction of sp³-hybridized carbons (Fsp3) is 0.615. The summed E-state index contributed by atoms with van der Waals surface area (Å²) < 4.78 is 5.72. The number of thiophene rings is 1. The number of piperidine rings is 1. The Morgan fingerprint density at radius 3 is 2.89 bits per heavy atom. The summed E-state index contributed by atoms with van der Waals surface area (Å²) in [5, 5.41) is 12.2. The van der Waals surface area contributed by atoms with Gasteiger partial charge < -0.3 is 15.2 Å². The molecule has 0 aromatic carbocycles. The fourth-order valence-corrected chi connectivity index (χ4v) is 3.02. The van der Waals surface area contributed by atoms with Crippen LogP contribution in [0.3, 0.4) is 0 Å². The van der Waals surface area contributed by atoms with E-state index >= 15 is 0 Å². The van der Waals surface area contributed by atoms with Gasteiger partial charge in [-0.3, -0.25) is 0 Å². The lowest BCUT2D eigenvalue weighted by atomic mass is 9.99. The van der Waals surface area contributed by atoms with Crippen molar-refractivity contribution in [3.05, 3.63) is 21.4 Å². The van der Waals surface area contributed by atoms with Crippen LogP contribution in [0.25, 0.3) is 0 Å². The van der Waals surface area contributed by atoms with Crippen molar-refractivity contribution in [2.24, 2.45) is 5.92 Å². The lowest BCUT2D eigenvalue weighted by molar-refractivity contribution is 0.0700. The van der Waals surface area contributed by atoms with Crippen LogP contribution in [0.5, 0.6) is 0 Å². The molecule has 2 N–H and O–H groups in total. The molecule has 1 saturated heterocycles. The molecule has 0 saturated carbocycles. The van der Waals surface area contributed by atoms with E-state index < -0.39 is 5.97 Å². The van der Waals surface area contributed by atoms with Gasteiger partial charge in [0, 0.05) is 11.5 Å². The summed E-state index contributed by atoms with van der Waals surface area (Å²) in [5.74, 6) is -0.211. The molecule has 0 unspecified atom stereocenters. The standard InChI is InChI=1S/C13H19NO3S/c1-9-11(6-12(18-9)13(15)16)8-17-7-10-2-4-14-5-3-10/h6,10,14H,2-5,7-8H2,1H3,(H,15,16). The summed E-state index contributed by atoms with van der Waals surface area (Å²) in [6.45, 7) is 5.41. The minimum Gasteiger partial charge on any atom is -0.477 e. The maximum absolute atomic E-state index is 10.9. The molecular weight excluding hydrogens is 250 g/mol. The zero-order valence-corrected chi connectivity index (χ0v) is 11.4. The molecule has 0 radical (unpaired) electrons. The molecule has 4 nitrogen and oxygen atoms in total. The third kappa shape index (κ3) is 3.54. The Balaban J connectivity index is 1.80. The number of carbonyl (C=O) groups is 1. The summed E-state index contributed by atoms with van der Waals surface area (Å²) in [7, 11) is 0. The van der Waals surface area contributed by atoms with Crippen LogP contribution >= 0.6 is 11.3 Å². The second kappa shape index (κ2) is 6.31. The quantitative estimate of drug-likeness (QED) is 0.861. The molecule has 1 aliphatic heterocycles. The first-order chi connectivity index (χ1) is 8.66. The van der Waals surface area contributed by atoms with Gasteiger partial charge in [0.05, 0.1) is 6.61 Å². The maximum Gasteiger partial charge on any atom is 0.345 e. The van der Waals surface area contributed by atoms with Gasteiger partial charge in [0.15, 0.2) is 0 Å². The summed E-state index contributed by atoms with van der Waals surface area (Å²) in [6, 6.07) is 1.73. The first-order valence-corrected chi connectivity index (χ1v) is 7.09. The largest absolute Gasteiger partial charge is 0.477 e. The molecule has 2 rings (SSSR count). The number of hydrogen-bond donors (Lipinski definition) is 2. The maximum atomic E-state index is 10.9. The Labute approximate surface area is 111 Å². The molecule has 1 fully saturated rings. The smallest absolute Gasteiger partial charge is 0.345 e. The van der Waals surface area contributed by atoms with Crippen molar-refractivity contribution < 1.29 is 14.6 Å². The molecule has 0 aliphatic carbocycles. The SMILES string of the molecule is Cc1sc(C(=O)O)cc1COCC1CCNCC1. The second-order valence-corrected chi connectivity index (χ2v) is 5.96. The van der Waals surface area contributed by atoms with Crippen molar-refractivity contribution >= 4 is 17.3 Å². The summed E-state index contributed by atoms with van der Waals surface area (Å²) in [5.41, 5.74) is 1.01. The van der Waals surface area contributed by atoms with Crippen molar-refractivity contribution in [1.82, 2.24) is 5.32 Å². The predicted molar refractivity (Wildman–Crippen MR) is 71.3 cm³/mol. The second-order valence-electron chi connectivity index (χ2n) is 4.71. The number of ether oxygens (including phenoxy) is 1. The number of aryl methyl sites for hydroxylation is 1. The van der Waals surface area contributed by atoms with Gasteiger partial charge in [-0.2, -0.15) is 0 Å². The third-order valence-electron chi connectivity index (χ3n) is 3.30. The van der Waals surface area contributed by atoms with E-state index in [9.17, 15) is 4.79 Å². The monoisotopic (exact) mass is 269 g/mol. The zero-order chi connectivity index (χ0) is 13.0. The molecule has 0 spiro atoms. The summed E-state index contributed by atoms with van der Waals surface area (Å²) in [4.78, 5) is 12.3. The fourth-order valence-electron chi connectivity index (χ4n) is 2.15. The number of carboxylic acid groups (broad SMARTS) is 1. The summed E-state index contributed by atoms with van der Waals surface area (Å²) in [6.07, 6.45) is 2.34. The van der Waals surface area contributed by atoms with Crippen molar-refractivity contribution in [1.29, 1.82) is 0 Å². The molecular formula is C13H19NO3S. The highest BCUT2D eigenvalue weighted by Gasteiger charge is 2.14. The van der Waals surface area contributed by atoms with Crippen LogP contribution in [-0.2, 0) is 11.3 Å². The molecule has 5 heteroatoms. The van der Waals surface area contributed by atoms with Gasteiger partial charge in [-0.05, 0) is 50.4 Å². The number of hydrogen-bond acceptors (Lipinski definition) is 4. The van der Waals surface area contributed by atoms with Crippen molar-refractivity contribution in [3.8, 4) is 0 Å². The topological polar surface area (TPSA) is 58.6 Å². The highest BCUT2D eigenvalue weighted by molar-refractivity contribution is 7.14. The van der Waals surface area contributed by atoms with Crippen LogP contribution in [0.2, 0.25) is 0 Å². The molecule has 18 heavy (non-hydrogen) atoms. The third-order valence-corrected chi connectivity index (χ3v) is 4.38. The van der Waals surface area contributed by atoms with E-state index in [1.807, 2.05) is 6.92 Å². The molecule has 1 aromatic heterocycles. The Hall–Kier alpha value is -0.910. The molecule has 0 atom stereocenters. The van der Waals surface area contributed by atoms with E-state index in [4.69, 9.17) is 9.84 Å². The van der Waals surface area contributed by atoms with Gasteiger partial charge in [-0.1, -0.05) is 0 Å². The zero-order valence-electron chi connectivity index (χ0n) is 10.6. The Bertz CT molecular complexity index is 410.